The van der Waals surface area contributed by atoms with Crippen LogP contribution in [0.4, 0.5) is 0 Å². The first-order valence-corrected chi connectivity index (χ1v) is 6.27. The molecule has 0 saturated carbocycles. The molecule has 0 radical (unpaired) electrons. The Labute approximate surface area is 111 Å². The van der Waals surface area contributed by atoms with Gasteiger partial charge < -0.3 is 14.5 Å². The molecule has 0 unspecified atom stereocenters. The van der Waals surface area contributed by atoms with Crippen molar-refractivity contribution in [3.8, 4) is 6.07 Å². The molecule has 0 spiro atoms. The summed E-state index contributed by atoms with van der Waals surface area (Å²) in [5.74, 6) is 0.844. The van der Waals surface area contributed by atoms with Gasteiger partial charge in [0.15, 0.2) is 0 Å². The minimum Gasteiger partial charge on any atom is -0.462 e. The third-order valence-corrected chi connectivity index (χ3v) is 2.93. The fourth-order valence-electron chi connectivity index (χ4n) is 1.93. The van der Waals surface area contributed by atoms with Gasteiger partial charge in [0.25, 0.3) is 5.91 Å². The van der Waals surface area contributed by atoms with E-state index < -0.39 is 5.91 Å². The Balaban J connectivity index is 1.95. The van der Waals surface area contributed by atoms with Crippen LogP contribution in [0.1, 0.15) is 24.4 Å². The highest BCUT2D eigenvalue weighted by molar-refractivity contribution is 6.01. The van der Waals surface area contributed by atoms with Crippen LogP contribution in [0.25, 0.3) is 6.08 Å². The summed E-state index contributed by atoms with van der Waals surface area (Å²) in [4.78, 5) is 11.8. The van der Waals surface area contributed by atoms with Crippen molar-refractivity contribution in [1.82, 2.24) is 5.32 Å². The Morgan fingerprint density at radius 2 is 2.47 bits per heavy atom. The number of nitrogens with zero attached hydrogens (tertiary/aromatic N) is 1. The fourth-order valence-corrected chi connectivity index (χ4v) is 1.93. The molecule has 1 aliphatic heterocycles. The predicted octanol–water partition coefficient (Wildman–Crippen LogP) is 1.79. The van der Waals surface area contributed by atoms with E-state index in [1.807, 2.05) is 6.07 Å². The van der Waals surface area contributed by atoms with Gasteiger partial charge >= 0.3 is 0 Å². The van der Waals surface area contributed by atoms with Crippen LogP contribution in [0.15, 0.2) is 22.1 Å². The number of amides is 1. The SMILES string of the molecule is Cc1ccc(/C=C(/C#N)C(=O)NC[C@H]2CCCO2)o1. The topological polar surface area (TPSA) is 75.3 Å². The van der Waals surface area contributed by atoms with E-state index in [0.717, 1.165) is 25.2 Å². The molecular weight excluding hydrogens is 244 g/mol. The number of ether oxygens (including phenoxy) is 1. The van der Waals surface area contributed by atoms with Crippen LogP contribution >= 0.6 is 0 Å². The molecule has 100 valence electrons. The maximum atomic E-state index is 11.8. The highest BCUT2D eigenvalue weighted by Crippen LogP contribution is 2.12. The lowest BCUT2D eigenvalue weighted by molar-refractivity contribution is -0.117. The first-order chi connectivity index (χ1) is 9.19. The summed E-state index contributed by atoms with van der Waals surface area (Å²) >= 11 is 0. The lowest BCUT2D eigenvalue weighted by atomic mass is 10.2. The lowest BCUT2D eigenvalue weighted by Crippen LogP contribution is -2.32. The van der Waals surface area contributed by atoms with Gasteiger partial charge in [-0.25, -0.2) is 0 Å². The molecule has 5 heteroatoms. The van der Waals surface area contributed by atoms with Crippen LogP contribution in [0.5, 0.6) is 0 Å². The Morgan fingerprint density at radius 1 is 1.63 bits per heavy atom. The molecule has 5 nitrogen and oxygen atoms in total. The van der Waals surface area contributed by atoms with E-state index in [2.05, 4.69) is 5.32 Å². The van der Waals surface area contributed by atoms with Gasteiger partial charge in [-0.3, -0.25) is 4.79 Å². The summed E-state index contributed by atoms with van der Waals surface area (Å²) in [6.07, 6.45) is 3.48. The summed E-state index contributed by atoms with van der Waals surface area (Å²) in [6.45, 7) is 2.99. The van der Waals surface area contributed by atoms with E-state index in [1.165, 1.54) is 6.08 Å². The Morgan fingerprint density at radius 3 is 3.05 bits per heavy atom. The molecule has 1 saturated heterocycles. The van der Waals surface area contributed by atoms with Crippen molar-refractivity contribution in [2.75, 3.05) is 13.2 Å². The zero-order chi connectivity index (χ0) is 13.7. The van der Waals surface area contributed by atoms with Gasteiger partial charge in [-0.1, -0.05) is 0 Å². The number of nitrogens with one attached hydrogen (secondary N) is 1. The highest BCUT2D eigenvalue weighted by Gasteiger charge is 2.17. The third kappa shape index (κ3) is 3.70. The Kier molecular flexibility index (Phi) is 4.37. The smallest absolute Gasteiger partial charge is 0.262 e. The largest absolute Gasteiger partial charge is 0.462 e. The molecule has 2 rings (SSSR count). The molecule has 1 amide bonds. The van der Waals surface area contributed by atoms with E-state index >= 15 is 0 Å². The fraction of sp³-hybridized carbons (Fsp3) is 0.429. The van der Waals surface area contributed by atoms with Gasteiger partial charge in [0.05, 0.1) is 6.10 Å². The quantitative estimate of drug-likeness (QED) is 0.661. The van der Waals surface area contributed by atoms with Gasteiger partial charge in [0, 0.05) is 19.2 Å². The van der Waals surface area contributed by atoms with E-state index in [1.54, 1.807) is 19.1 Å². The van der Waals surface area contributed by atoms with Crippen LogP contribution in [-0.2, 0) is 9.53 Å². The first kappa shape index (κ1) is 13.4. The van der Waals surface area contributed by atoms with Gasteiger partial charge in [0.2, 0.25) is 0 Å². The van der Waals surface area contributed by atoms with Crippen molar-refractivity contribution in [2.45, 2.75) is 25.9 Å². The van der Waals surface area contributed by atoms with Crippen molar-refractivity contribution < 1.29 is 13.9 Å². The number of aryl methyl sites for hydroxylation is 1. The number of carbonyl (C=O) groups excluding carboxylic acids is 1. The van der Waals surface area contributed by atoms with Crippen LogP contribution in [0, 0.1) is 18.3 Å². The number of hydrogen-bond acceptors (Lipinski definition) is 4. The second kappa shape index (κ2) is 6.21. The molecular formula is C14H16N2O3. The van der Waals surface area contributed by atoms with E-state index in [4.69, 9.17) is 14.4 Å². The van der Waals surface area contributed by atoms with Crippen molar-refractivity contribution in [3.63, 3.8) is 0 Å². The molecule has 1 atom stereocenters. The Bertz CT molecular complexity index is 519. The minimum absolute atomic E-state index is 0.0346. The summed E-state index contributed by atoms with van der Waals surface area (Å²) in [7, 11) is 0. The van der Waals surface area contributed by atoms with Crippen LogP contribution in [0.2, 0.25) is 0 Å². The minimum atomic E-state index is -0.396. The summed E-state index contributed by atoms with van der Waals surface area (Å²) in [5.41, 5.74) is 0.0346. The summed E-state index contributed by atoms with van der Waals surface area (Å²) in [5, 5.41) is 11.7. The zero-order valence-electron chi connectivity index (χ0n) is 10.8. The van der Waals surface area contributed by atoms with Crippen molar-refractivity contribution in [1.29, 1.82) is 5.26 Å². The molecule has 1 fully saturated rings. The standard InChI is InChI=1S/C14H16N2O3/c1-10-4-5-12(19-10)7-11(8-15)14(17)16-9-13-3-2-6-18-13/h4-5,7,13H,2-3,6,9H2,1H3,(H,16,17)/b11-7-/t13-/m1/s1. The maximum absolute atomic E-state index is 11.8. The number of furan rings is 1. The third-order valence-electron chi connectivity index (χ3n) is 2.93. The first-order valence-electron chi connectivity index (χ1n) is 6.27. The molecule has 1 N–H and O–H groups in total. The normalized spacial score (nSPS) is 19.2. The Hall–Kier alpha value is -2.06. The molecule has 1 aromatic heterocycles. The molecule has 1 aromatic rings. The highest BCUT2D eigenvalue weighted by atomic mass is 16.5. The van der Waals surface area contributed by atoms with E-state index in [9.17, 15) is 4.79 Å². The molecule has 19 heavy (non-hydrogen) atoms. The van der Waals surface area contributed by atoms with Crippen LogP contribution in [-0.4, -0.2) is 25.2 Å². The van der Waals surface area contributed by atoms with Gasteiger partial charge in [-0.2, -0.15) is 5.26 Å². The second-order valence-electron chi connectivity index (χ2n) is 4.46. The maximum Gasteiger partial charge on any atom is 0.262 e. The van der Waals surface area contributed by atoms with Gasteiger partial charge in [0.1, 0.15) is 23.2 Å². The average Bonchev–Trinajstić information content (AvgIpc) is 3.04. The summed E-state index contributed by atoms with van der Waals surface area (Å²) in [6, 6.07) is 5.39. The molecule has 0 aliphatic carbocycles. The van der Waals surface area contributed by atoms with E-state index in [0.29, 0.717) is 12.3 Å². The number of rotatable bonds is 4. The van der Waals surface area contributed by atoms with Crippen molar-refractivity contribution in [2.24, 2.45) is 0 Å². The lowest BCUT2D eigenvalue weighted by Gasteiger charge is -2.09. The number of hydrogen-bond donors (Lipinski definition) is 1. The zero-order valence-corrected chi connectivity index (χ0v) is 10.8. The monoisotopic (exact) mass is 260 g/mol. The predicted molar refractivity (Wildman–Crippen MR) is 69.0 cm³/mol. The molecule has 1 aliphatic rings. The summed E-state index contributed by atoms with van der Waals surface area (Å²) < 4.78 is 10.7. The number of nitriles is 1. The van der Waals surface area contributed by atoms with Crippen LogP contribution < -0.4 is 5.32 Å². The second-order valence-corrected chi connectivity index (χ2v) is 4.46. The van der Waals surface area contributed by atoms with E-state index in [-0.39, 0.29) is 11.7 Å². The van der Waals surface area contributed by atoms with Gasteiger partial charge in [-0.15, -0.1) is 0 Å². The molecule has 0 aromatic carbocycles. The molecule has 0 bridgehead atoms. The van der Waals surface area contributed by atoms with Gasteiger partial charge in [-0.05, 0) is 31.9 Å². The average molecular weight is 260 g/mol. The van der Waals surface area contributed by atoms with Crippen molar-refractivity contribution in [3.05, 3.63) is 29.2 Å². The molecule has 2 heterocycles. The van der Waals surface area contributed by atoms with Crippen LogP contribution in [0.3, 0.4) is 0 Å². The van der Waals surface area contributed by atoms with Crippen molar-refractivity contribution >= 4 is 12.0 Å². The number of carbonyl (C=O) groups is 1.